The van der Waals surface area contributed by atoms with Gasteiger partial charge in [0.1, 0.15) is 18.3 Å². The van der Waals surface area contributed by atoms with Crippen LogP contribution in [0.4, 0.5) is 0 Å². The third kappa shape index (κ3) is 0.990. The lowest BCUT2D eigenvalue weighted by Gasteiger charge is -2.02. The van der Waals surface area contributed by atoms with Crippen molar-refractivity contribution in [2.75, 3.05) is 0 Å². The summed E-state index contributed by atoms with van der Waals surface area (Å²) in [5, 5.41) is 0. The molecule has 0 saturated carbocycles. The zero-order valence-electron chi connectivity index (χ0n) is 7.16. The van der Waals surface area contributed by atoms with Gasteiger partial charge in [-0.15, -0.1) is 0 Å². The first-order valence-electron chi connectivity index (χ1n) is 4.12. The third-order valence-corrected chi connectivity index (χ3v) is 1.93. The number of aromatic nitrogens is 4. The second-order valence-electron chi connectivity index (χ2n) is 2.81. The van der Waals surface area contributed by atoms with E-state index < -0.39 is 0 Å². The van der Waals surface area contributed by atoms with Crippen molar-refractivity contribution in [1.29, 1.82) is 0 Å². The van der Waals surface area contributed by atoms with Crippen LogP contribution in [-0.2, 0) is 0 Å². The van der Waals surface area contributed by atoms with E-state index in [-0.39, 0.29) is 0 Å². The van der Waals surface area contributed by atoms with Crippen molar-refractivity contribution >= 4 is 0 Å². The average molecular weight is 186 g/mol. The van der Waals surface area contributed by atoms with Crippen LogP contribution in [0.15, 0.2) is 41.7 Å². The Bertz CT molecular complexity index is 514. The Morgan fingerprint density at radius 2 is 2.21 bits per heavy atom. The van der Waals surface area contributed by atoms with Gasteiger partial charge in [0.2, 0.25) is 5.88 Å². The summed E-state index contributed by atoms with van der Waals surface area (Å²) in [7, 11) is 0. The maximum Gasteiger partial charge on any atom is 0.204 e. The lowest BCUT2D eigenvalue weighted by atomic mass is 10.4. The van der Waals surface area contributed by atoms with Crippen molar-refractivity contribution < 1.29 is 4.42 Å². The maximum atomic E-state index is 5.22. The second-order valence-corrected chi connectivity index (χ2v) is 2.81. The van der Waals surface area contributed by atoms with Crippen LogP contribution < -0.4 is 0 Å². The number of hydrogen-bond acceptors (Lipinski definition) is 4. The van der Waals surface area contributed by atoms with Crippen LogP contribution in [-0.4, -0.2) is 19.5 Å². The van der Waals surface area contributed by atoms with E-state index in [2.05, 4.69) is 15.0 Å². The molecule has 1 aromatic rings. The van der Waals surface area contributed by atoms with Gasteiger partial charge in [-0.05, 0) is 6.07 Å². The number of fused-ring (bicyclic) bond motifs is 1. The number of imidazole rings is 1. The minimum Gasteiger partial charge on any atom is -0.448 e. The van der Waals surface area contributed by atoms with Crippen LogP contribution in [0.1, 0.15) is 0 Å². The van der Waals surface area contributed by atoms with E-state index in [0.29, 0.717) is 11.7 Å². The van der Waals surface area contributed by atoms with Gasteiger partial charge in [-0.1, -0.05) is 0 Å². The molecule has 0 amide bonds. The predicted octanol–water partition coefficient (Wildman–Crippen LogP) is 1.36. The molecular formula is C9H6N4O. The van der Waals surface area contributed by atoms with E-state index in [1.165, 1.54) is 6.33 Å². The second kappa shape index (κ2) is 2.66. The van der Waals surface area contributed by atoms with Gasteiger partial charge in [0.05, 0.1) is 6.26 Å². The van der Waals surface area contributed by atoms with Gasteiger partial charge in [-0.2, -0.15) is 0 Å². The Balaban J connectivity index is 2.20. The van der Waals surface area contributed by atoms with Crippen molar-refractivity contribution in [2.24, 2.45) is 0 Å². The number of nitrogens with zero attached hydrogens (tertiary/aromatic N) is 4. The first-order chi connectivity index (χ1) is 6.93. The molecule has 5 nitrogen and oxygen atoms in total. The molecule has 0 N–H and O–H groups in total. The zero-order valence-corrected chi connectivity index (χ0v) is 7.16. The summed E-state index contributed by atoms with van der Waals surface area (Å²) in [5.74, 6) is 1.36. The van der Waals surface area contributed by atoms with Gasteiger partial charge in [-0.25, -0.2) is 15.0 Å². The SMILES string of the molecule is c1coc(-n2cnc3ncnc-3c2)c1. The van der Waals surface area contributed by atoms with Crippen molar-refractivity contribution in [3.05, 3.63) is 37.2 Å². The lowest BCUT2D eigenvalue weighted by Crippen LogP contribution is -1.97. The van der Waals surface area contributed by atoms with Gasteiger partial charge < -0.3 is 4.42 Å². The molecule has 0 bridgehead atoms. The largest absolute Gasteiger partial charge is 0.448 e. The minimum absolute atomic E-state index is 0.646. The van der Waals surface area contributed by atoms with Crippen LogP contribution in [0.5, 0.6) is 0 Å². The van der Waals surface area contributed by atoms with E-state index in [1.807, 2.05) is 18.3 Å². The standard InChI is InChI=1S/C9H6N4O/c1-2-8(14-3-1)13-4-7-9(12-6-13)11-5-10-7/h1-6H. The van der Waals surface area contributed by atoms with Crippen molar-refractivity contribution in [3.8, 4) is 17.4 Å². The molecule has 0 atom stereocenters. The van der Waals surface area contributed by atoms with Crippen molar-refractivity contribution in [3.63, 3.8) is 0 Å². The van der Waals surface area contributed by atoms with E-state index in [1.54, 1.807) is 17.2 Å². The van der Waals surface area contributed by atoms with Crippen molar-refractivity contribution in [2.45, 2.75) is 0 Å². The molecular weight excluding hydrogens is 180 g/mol. The molecule has 3 rings (SSSR count). The molecule has 0 aromatic carbocycles. The van der Waals surface area contributed by atoms with E-state index in [9.17, 15) is 0 Å². The topological polar surface area (TPSA) is 56.7 Å². The highest BCUT2D eigenvalue weighted by Gasteiger charge is 2.07. The Kier molecular flexibility index (Phi) is 1.38. The van der Waals surface area contributed by atoms with Crippen LogP contribution in [0.3, 0.4) is 0 Å². The predicted molar refractivity (Wildman–Crippen MR) is 48.0 cm³/mol. The Morgan fingerprint density at radius 3 is 3.07 bits per heavy atom. The molecule has 1 aromatic heterocycles. The molecule has 68 valence electrons. The highest BCUT2D eigenvalue weighted by molar-refractivity contribution is 5.48. The molecule has 0 unspecified atom stereocenters. The molecule has 0 radical (unpaired) electrons. The van der Waals surface area contributed by atoms with E-state index >= 15 is 0 Å². The van der Waals surface area contributed by atoms with Crippen molar-refractivity contribution in [1.82, 2.24) is 19.5 Å². The zero-order chi connectivity index (χ0) is 9.38. The number of furan rings is 1. The Hall–Kier alpha value is -2.17. The van der Waals surface area contributed by atoms with Crippen LogP contribution >= 0.6 is 0 Å². The molecule has 2 aliphatic heterocycles. The quantitative estimate of drug-likeness (QED) is 0.575. The van der Waals surface area contributed by atoms with Gasteiger partial charge in [0, 0.05) is 12.3 Å². The van der Waals surface area contributed by atoms with Gasteiger partial charge in [0.25, 0.3) is 0 Å². The monoisotopic (exact) mass is 186 g/mol. The first-order valence-corrected chi connectivity index (χ1v) is 4.12. The third-order valence-electron chi connectivity index (χ3n) is 1.93. The molecule has 0 aliphatic carbocycles. The van der Waals surface area contributed by atoms with Crippen LogP contribution in [0.2, 0.25) is 0 Å². The van der Waals surface area contributed by atoms with Gasteiger partial charge in [-0.3, -0.25) is 4.57 Å². The average Bonchev–Trinajstić information content (AvgIpc) is 2.88. The lowest BCUT2D eigenvalue weighted by molar-refractivity contribution is 0.535. The molecule has 0 fully saturated rings. The molecule has 0 spiro atoms. The fraction of sp³-hybridized carbons (Fsp3) is 0. The Morgan fingerprint density at radius 1 is 1.21 bits per heavy atom. The normalized spacial score (nSPS) is 10.9. The van der Waals surface area contributed by atoms with Gasteiger partial charge in [0.15, 0.2) is 5.82 Å². The van der Waals surface area contributed by atoms with E-state index in [0.717, 1.165) is 5.69 Å². The summed E-state index contributed by atoms with van der Waals surface area (Å²) in [4.78, 5) is 12.2. The summed E-state index contributed by atoms with van der Waals surface area (Å²) in [6.07, 6.45) is 6.58. The summed E-state index contributed by atoms with van der Waals surface area (Å²) in [5.41, 5.74) is 0.754. The molecule has 0 saturated heterocycles. The number of hydrogen-bond donors (Lipinski definition) is 0. The maximum absolute atomic E-state index is 5.22. The summed E-state index contributed by atoms with van der Waals surface area (Å²) in [6.45, 7) is 0. The minimum atomic E-state index is 0.646. The molecule has 14 heavy (non-hydrogen) atoms. The van der Waals surface area contributed by atoms with E-state index in [4.69, 9.17) is 4.42 Å². The Labute approximate surface area is 79.4 Å². The summed E-state index contributed by atoms with van der Waals surface area (Å²) in [6, 6.07) is 3.67. The van der Waals surface area contributed by atoms with Gasteiger partial charge >= 0.3 is 0 Å². The highest BCUT2D eigenvalue weighted by atomic mass is 16.3. The van der Waals surface area contributed by atoms with Crippen LogP contribution in [0, 0.1) is 0 Å². The summed E-state index contributed by atoms with van der Waals surface area (Å²) < 4.78 is 6.98. The number of rotatable bonds is 1. The molecule has 2 aliphatic rings. The molecule has 5 heteroatoms. The highest BCUT2D eigenvalue weighted by Crippen LogP contribution is 2.15. The molecule has 3 heterocycles. The summed E-state index contributed by atoms with van der Waals surface area (Å²) >= 11 is 0. The fourth-order valence-electron chi connectivity index (χ4n) is 1.28. The smallest absolute Gasteiger partial charge is 0.204 e. The van der Waals surface area contributed by atoms with Crippen LogP contribution in [0.25, 0.3) is 17.4 Å². The first kappa shape index (κ1) is 7.25. The fourth-order valence-corrected chi connectivity index (χ4v) is 1.28.